The van der Waals surface area contributed by atoms with Crippen molar-refractivity contribution in [1.82, 2.24) is 9.78 Å². The fraction of sp³-hybridized carbons (Fsp3) is 0.636. The summed E-state index contributed by atoms with van der Waals surface area (Å²) in [4.78, 5) is 11.7. The molecule has 0 saturated heterocycles. The number of rotatable bonds is 2. The molecule has 0 spiro atoms. The Kier molecular flexibility index (Phi) is 2.17. The van der Waals surface area contributed by atoms with E-state index in [9.17, 15) is 4.79 Å². The van der Waals surface area contributed by atoms with Gasteiger partial charge < -0.3 is 0 Å². The zero-order valence-corrected chi connectivity index (χ0v) is 8.95. The van der Waals surface area contributed by atoms with Crippen LogP contribution < -0.4 is 5.56 Å². The maximum atomic E-state index is 11.7. The molecule has 0 bridgehead atoms. The van der Waals surface area contributed by atoms with Gasteiger partial charge in [-0.2, -0.15) is 5.10 Å². The molecular weight excluding hydrogens is 176 g/mol. The highest BCUT2D eigenvalue weighted by Crippen LogP contribution is 2.38. The van der Waals surface area contributed by atoms with E-state index in [4.69, 9.17) is 0 Å². The van der Waals surface area contributed by atoms with Crippen molar-refractivity contribution in [3.8, 4) is 0 Å². The molecule has 2 rings (SSSR count). The monoisotopic (exact) mass is 192 g/mol. The summed E-state index contributed by atoms with van der Waals surface area (Å²) in [5.41, 5.74) is 1.95. The summed E-state index contributed by atoms with van der Waals surface area (Å²) in [6, 6.07) is 2.10. The van der Waals surface area contributed by atoms with Gasteiger partial charge in [0.2, 0.25) is 0 Å². The van der Waals surface area contributed by atoms with Gasteiger partial charge in [-0.25, -0.2) is 4.68 Å². The van der Waals surface area contributed by atoms with E-state index in [1.807, 2.05) is 26.8 Å². The van der Waals surface area contributed by atoms with Crippen LogP contribution in [-0.2, 0) is 0 Å². The average Bonchev–Trinajstić information content (AvgIpc) is 2.91. The summed E-state index contributed by atoms with van der Waals surface area (Å²) in [6.07, 6.45) is 2.45. The Morgan fingerprint density at radius 1 is 1.50 bits per heavy atom. The van der Waals surface area contributed by atoms with Crippen molar-refractivity contribution in [3.05, 3.63) is 27.7 Å². The quantitative estimate of drug-likeness (QED) is 0.718. The highest BCUT2D eigenvalue weighted by Gasteiger charge is 2.26. The van der Waals surface area contributed by atoms with Gasteiger partial charge in [0.1, 0.15) is 0 Å². The maximum absolute atomic E-state index is 11.7. The van der Waals surface area contributed by atoms with Gasteiger partial charge in [0.25, 0.3) is 5.56 Å². The van der Waals surface area contributed by atoms with E-state index in [1.165, 1.54) is 12.8 Å². The van der Waals surface area contributed by atoms with Crippen molar-refractivity contribution in [1.29, 1.82) is 0 Å². The fourth-order valence-electron chi connectivity index (χ4n) is 1.59. The minimum Gasteiger partial charge on any atom is -0.268 e. The van der Waals surface area contributed by atoms with Crippen molar-refractivity contribution in [2.24, 2.45) is 0 Å². The lowest BCUT2D eigenvalue weighted by Gasteiger charge is -2.11. The van der Waals surface area contributed by atoms with Crippen LogP contribution in [0.15, 0.2) is 10.9 Å². The van der Waals surface area contributed by atoms with E-state index < -0.39 is 0 Å². The topological polar surface area (TPSA) is 34.9 Å². The summed E-state index contributed by atoms with van der Waals surface area (Å²) >= 11 is 0. The predicted octanol–water partition coefficient (Wildman–Crippen LogP) is 2.01. The normalized spacial score (nSPS) is 16.3. The molecule has 14 heavy (non-hydrogen) atoms. The number of aromatic nitrogens is 2. The first-order valence-corrected chi connectivity index (χ1v) is 5.20. The van der Waals surface area contributed by atoms with Gasteiger partial charge in [0.15, 0.2) is 0 Å². The minimum atomic E-state index is 0.0457. The number of nitrogens with zero attached hydrogens (tertiary/aromatic N) is 2. The third-order valence-electron chi connectivity index (χ3n) is 2.62. The minimum absolute atomic E-state index is 0.0457. The first kappa shape index (κ1) is 9.44. The van der Waals surface area contributed by atoms with Crippen LogP contribution in [0.2, 0.25) is 0 Å². The Hall–Kier alpha value is -1.12. The van der Waals surface area contributed by atoms with Gasteiger partial charge in [0.05, 0.1) is 11.7 Å². The zero-order chi connectivity index (χ0) is 10.3. The highest BCUT2D eigenvalue weighted by molar-refractivity contribution is 5.19. The lowest BCUT2D eigenvalue weighted by molar-refractivity contribution is 0.490. The first-order valence-electron chi connectivity index (χ1n) is 5.20. The van der Waals surface area contributed by atoms with E-state index in [-0.39, 0.29) is 11.6 Å². The summed E-state index contributed by atoms with van der Waals surface area (Å²) in [5, 5.41) is 4.40. The molecule has 76 valence electrons. The van der Waals surface area contributed by atoms with Crippen molar-refractivity contribution >= 4 is 0 Å². The van der Waals surface area contributed by atoms with E-state index in [2.05, 4.69) is 5.10 Å². The summed E-state index contributed by atoms with van der Waals surface area (Å²) in [5.74, 6) is 0.610. The van der Waals surface area contributed by atoms with E-state index in [0.29, 0.717) is 5.92 Å². The van der Waals surface area contributed by atoms with Gasteiger partial charge >= 0.3 is 0 Å². The highest BCUT2D eigenvalue weighted by atomic mass is 16.1. The van der Waals surface area contributed by atoms with Crippen molar-refractivity contribution in [2.45, 2.75) is 45.6 Å². The van der Waals surface area contributed by atoms with E-state index >= 15 is 0 Å². The average molecular weight is 192 g/mol. The van der Waals surface area contributed by atoms with Gasteiger partial charge in [-0.05, 0) is 39.7 Å². The van der Waals surface area contributed by atoms with Gasteiger partial charge in [0, 0.05) is 11.5 Å². The standard InChI is InChI=1S/C11H16N2O/c1-7(2)13-11(14)8(3)6-10(12-13)9-4-5-9/h6-7,9H,4-5H2,1-3H3. The molecule has 3 nitrogen and oxygen atoms in total. The second-order valence-corrected chi connectivity index (χ2v) is 4.37. The molecule has 0 radical (unpaired) electrons. The summed E-state index contributed by atoms with van der Waals surface area (Å²) in [7, 11) is 0. The molecular formula is C11H16N2O. The Morgan fingerprint density at radius 3 is 2.64 bits per heavy atom. The number of hydrogen-bond donors (Lipinski definition) is 0. The number of hydrogen-bond acceptors (Lipinski definition) is 2. The molecule has 0 atom stereocenters. The molecule has 0 aliphatic heterocycles. The van der Waals surface area contributed by atoms with Crippen molar-refractivity contribution < 1.29 is 0 Å². The molecule has 0 amide bonds. The van der Waals surface area contributed by atoms with Crippen molar-refractivity contribution in [2.75, 3.05) is 0 Å². The summed E-state index contributed by atoms with van der Waals surface area (Å²) < 4.78 is 1.60. The SMILES string of the molecule is Cc1cc(C2CC2)nn(C(C)C)c1=O. The molecule has 1 aromatic heterocycles. The van der Waals surface area contributed by atoms with Crippen LogP contribution in [0.5, 0.6) is 0 Å². The molecule has 0 aromatic carbocycles. The molecule has 1 heterocycles. The van der Waals surface area contributed by atoms with Gasteiger partial charge in [-0.3, -0.25) is 4.79 Å². The van der Waals surface area contributed by atoms with E-state index in [1.54, 1.807) is 4.68 Å². The third-order valence-corrected chi connectivity index (χ3v) is 2.62. The predicted molar refractivity (Wildman–Crippen MR) is 55.6 cm³/mol. The summed E-state index contributed by atoms with van der Waals surface area (Å²) in [6.45, 7) is 5.85. The Labute approximate surface area is 83.8 Å². The van der Waals surface area contributed by atoms with Crippen LogP contribution in [0.3, 0.4) is 0 Å². The molecule has 1 aliphatic carbocycles. The number of aryl methyl sites for hydroxylation is 1. The molecule has 1 aliphatic rings. The maximum Gasteiger partial charge on any atom is 0.269 e. The lowest BCUT2D eigenvalue weighted by Crippen LogP contribution is -2.27. The van der Waals surface area contributed by atoms with Crippen LogP contribution in [0.1, 0.15) is 49.9 Å². The molecule has 0 N–H and O–H groups in total. The first-order chi connectivity index (χ1) is 6.59. The molecule has 0 unspecified atom stereocenters. The van der Waals surface area contributed by atoms with Crippen LogP contribution in [0.4, 0.5) is 0 Å². The molecule has 1 aromatic rings. The smallest absolute Gasteiger partial charge is 0.268 e. The third kappa shape index (κ3) is 1.59. The molecule has 1 saturated carbocycles. The van der Waals surface area contributed by atoms with Gasteiger partial charge in [-0.1, -0.05) is 0 Å². The fourth-order valence-corrected chi connectivity index (χ4v) is 1.59. The second-order valence-electron chi connectivity index (χ2n) is 4.37. The van der Waals surface area contributed by atoms with Crippen LogP contribution >= 0.6 is 0 Å². The zero-order valence-electron chi connectivity index (χ0n) is 8.95. The molecule has 3 heteroatoms. The van der Waals surface area contributed by atoms with Crippen molar-refractivity contribution in [3.63, 3.8) is 0 Å². The van der Waals surface area contributed by atoms with Crippen LogP contribution in [-0.4, -0.2) is 9.78 Å². The Bertz CT molecular complexity index is 402. The largest absolute Gasteiger partial charge is 0.269 e. The van der Waals surface area contributed by atoms with Crippen LogP contribution in [0.25, 0.3) is 0 Å². The Balaban J connectivity index is 2.52. The lowest BCUT2D eigenvalue weighted by atomic mass is 10.2. The van der Waals surface area contributed by atoms with Gasteiger partial charge in [-0.15, -0.1) is 0 Å². The Morgan fingerprint density at radius 2 is 2.14 bits per heavy atom. The van der Waals surface area contributed by atoms with E-state index in [0.717, 1.165) is 11.3 Å². The second kappa shape index (κ2) is 3.23. The van der Waals surface area contributed by atoms with Crippen LogP contribution in [0, 0.1) is 6.92 Å². The molecule has 1 fully saturated rings.